The fraction of sp³-hybridized carbons (Fsp3) is 1.00. The van der Waals surface area contributed by atoms with Gasteiger partial charge in [-0.05, 0) is 31.6 Å². The summed E-state index contributed by atoms with van der Waals surface area (Å²) < 4.78 is 0. The Morgan fingerprint density at radius 2 is 1.93 bits per heavy atom. The Morgan fingerprint density at radius 1 is 1.14 bits per heavy atom. The average molecular weight is 217 g/mol. The normalized spacial score (nSPS) is 18.6. The largest absolute Gasteiger partial charge is 0.396 e. The Morgan fingerprint density at radius 3 is 2.64 bits per heavy atom. The van der Waals surface area contributed by atoms with Crippen LogP contribution in [0, 0.1) is 0 Å². The molecule has 0 aromatic rings. The lowest BCUT2D eigenvalue weighted by Gasteiger charge is -2.22. The third-order valence-electron chi connectivity index (χ3n) is 2.74. The highest BCUT2D eigenvalue weighted by Gasteiger charge is 2.11. The lowest BCUT2D eigenvalue weighted by atomic mass is 9.95. The molecule has 0 bridgehead atoms. The lowest BCUT2D eigenvalue weighted by Crippen LogP contribution is -2.31. The van der Waals surface area contributed by atoms with Crippen LogP contribution in [0.25, 0.3) is 0 Å². The van der Waals surface area contributed by atoms with Crippen molar-refractivity contribution in [2.24, 2.45) is 0 Å². The fourth-order valence-corrected chi connectivity index (χ4v) is 2.64. The van der Waals surface area contributed by atoms with Gasteiger partial charge in [0.2, 0.25) is 0 Å². The fourth-order valence-electron chi connectivity index (χ4n) is 1.95. The molecule has 2 nitrogen and oxygen atoms in total. The summed E-state index contributed by atoms with van der Waals surface area (Å²) in [5, 5.41) is 12.2. The molecule has 14 heavy (non-hydrogen) atoms. The van der Waals surface area contributed by atoms with E-state index in [0.717, 1.165) is 18.3 Å². The highest BCUT2D eigenvalue weighted by molar-refractivity contribution is 7.99. The van der Waals surface area contributed by atoms with Gasteiger partial charge in [0.1, 0.15) is 0 Å². The van der Waals surface area contributed by atoms with Gasteiger partial charge in [0, 0.05) is 11.8 Å². The Bertz CT molecular complexity index is 126. The van der Waals surface area contributed by atoms with Gasteiger partial charge in [0.25, 0.3) is 0 Å². The van der Waals surface area contributed by atoms with Crippen molar-refractivity contribution in [3.05, 3.63) is 0 Å². The van der Waals surface area contributed by atoms with E-state index in [2.05, 4.69) is 5.32 Å². The molecule has 1 aliphatic rings. The second kappa shape index (κ2) is 8.57. The van der Waals surface area contributed by atoms with Crippen molar-refractivity contribution >= 4 is 11.8 Å². The molecule has 0 atom stereocenters. The van der Waals surface area contributed by atoms with Gasteiger partial charge >= 0.3 is 0 Å². The summed E-state index contributed by atoms with van der Waals surface area (Å²) in [6.07, 6.45) is 8.26. The van der Waals surface area contributed by atoms with Crippen LogP contribution in [0.15, 0.2) is 0 Å². The van der Waals surface area contributed by atoms with Gasteiger partial charge in [-0.25, -0.2) is 0 Å². The number of rotatable bonds is 7. The predicted molar refractivity (Wildman–Crippen MR) is 63.9 cm³/mol. The zero-order chi connectivity index (χ0) is 10.1. The van der Waals surface area contributed by atoms with E-state index in [-0.39, 0.29) is 0 Å². The van der Waals surface area contributed by atoms with E-state index < -0.39 is 0 Å². The molecule has 0 aliphatic heterocycles. The van der Waals surface area contributed by atoms with Crippen molar-refractivity contribution in [1.82, 2.24) is 5.32 Å². The summed E-state index contributed by atoms with van der Waals surface area (Å²) in [5.74, 6) is 2.07. The predicted octanol–water partition coefficient (Wildman–Crippen LogP) is 2.02. The van der Waals surface area contributed by atoms with E-state index in [4.69, 9.17) is 5.11 Å². The number of hydrogen-bond donors (Lipinski definition) is 2. The summed E-state index contributed by atoms with van der Waals surface area (Å²) in [6.45, 7) is 1.48. The third kappa shape index (κ3) is 5.89. The maximum Gasteiger partial charge on any atom is 0.0521 e. The number of aliphatic hydroxyl groups is 1. The minimum atomic E-state index is 0.320. The van der Waals surface area contributed by atoms with Crippen molar-refractivity contribution in [2.75, 3.05) is 24.7 Å². The molecule has 0 spiro atoms. The van der Waals surface area contributed by atoms with Crippen LogP contribution >= 0.6 is 11.8 Å². The van der Waals surface area contributed by atoms with Crippen LogP contribution in [0.5, 0.6) is 0 Å². The summed E-state index contributed by atoms with van der Waals surface area (Å²) >= 11 is 1.85. The van der Waals surface area contributed by atoms with Crippen molar-refractivity contribution < 1.29 is 5.11 Å². The van der Waals surface area contributed by atoms with Crippen LogP contribution in [0.2, 0.25) is 0 Å². The van der Waals surface area contributed by atoms with Gasteiger partial charge in [0.15, 0.2) is 0 Å². The summed E-state index contributed by atoms with van der Waals surface area (Å²) in [4.78, 5) is 0. The molecule has 0 unspecified atom stereocenters. The maximum atomic E-state index is 8.59. The molecule has 0 radical (unpaired) electrons. The summed E-state index contributed by atoms with van der Waals surface area (Å²) in [5.41, 5.74) is 0. The molecule has 84 valence electrons. The zero-order valence-electron chi connectivity index (χ0n) is 9.00. The van der Waals surface area contributed by atoms with Crippen molar-refractivity contribution in [2.45, 2.75) is 44.6 Å². The van der Waals surface area contributed by atoms with E-state index >= 15 is 0 Å². The first-order valence-corrected chi connectivity index (χ1v) is 7.01. The SMILES string of the molecule is OCCSCCCNC1CCCCC1. The number of nitrogens with one attached hydrogen (secondary N) is 1. The standard InChI is InChI=1S/C11H23NOS/c13-8-10-14-9-4-7-12-11-5-2-1-3-6-11/h11-13H,1-10H2. The second-order valence-corrected chi connectivity index (χ2v) is 5.20. The van der Waals surface area contributed by atoms with Gasteiger partial charge in [-0.3, -0.25) is 0 Å². The van der Waals surface area contributed by atoms with Crippen LogP contribution in [0.3, 0.4) is 0 Å². The minimum Gasteiger partial charge on any atom is -0.396 e. The molecule has 0 heterocycles. The smallest absolute Gasteiger partial charge is 0.0521 e. The first-order chi connectivity index (χ1) is 6.93. The lowest BCUT2D eigenvalue weighted by molar-refractivity contribution is 0.322. The first-order valence-electron chi connectivity index (χ1n) is 5.85. The number of aliphatic hydroxyl groups excluding tert-OH is 1. The van der Waals surface area contributed by atoms with Crippen molar-refractivity contribution in [1.29, 1.82) is 0 Å². The average Bonchev–Trinajstić information content (AvgIpc) is 2.25. The molecule has 0 amide bonds. The first kappa shape index (κ1) is 12.3. The van der Waals surface area contributed by atoms with E-state index in [1.165, 1.54) is 44.3 Å². The van der Waals surface area contributed by atoms with Gasteiger partial charge in [-0.1, -0.05) is 19.3 Å². The Balaban J connectivity index is 1.82. The van der Waals surface area contributed by atoms with Crippen LogP contribution in [0.4, 0.5) is 0 Å². The third-order valence-corrected chi connectivity index (χ3v) is 3.79. The molecule has 0 saturated heterocycles. The molecular weight excluding hydrogens is 194 g/mol. The zero-order valence-corrected chi connectivity index (χ0v) is 9.82. The molecule has 3 heteroatoms. The minimum absolute atomic E-state index is 0.320. The molecular formula is C11H23NOS. The van der Waals surface area contributed by atoms with Gasteiger partial charge in [0.05, 0.1) is 6.61 Å². The number of hydrogen-bond acceptors (Lipinski definition) is 3. The second-order valence-electron chi connectivity index (χ2n) is 3.98. The molecule has 1 saturated carbocycles. The van der Waals surface area contributed by atoms with Crippen molar-refractivity contribution in [3.8, 4) is 0 Å². The van der Waals surface area contributed by atoms with Gasteiger partial charge < -0.3 is 10.4 Å². The molecule has 1 aliphatic carbocycles. The Kier molecular flexibility index (Phi) is 7.55. The molecule has 0 aromatic heterocycles. The van der Waals surface area contributed by atoms with E-state index in [1.807, 2.05) is 11.8 Å². The van der Waals surface area contributed by atoms with Crippen LogP contribution in [-0.2, 0) is 0 Å². The maximum absolute atomic E-state index is 8.59. The number of thioether (sulfide) groups is 1. The Hall–Kier alpha value is 0.270. The topological polar surface area (TPSA) is 32.3 Å². The molecule has 1 rings (SSSR count). The molecule has 0 aromatic carbocycles. The van der Waals surface area contributed by atoms with E-state index in [9.17, 15) is 0 Å². The Labute approximate surface area is 91.9 Å². The summed E-state index contributed by atoms with van der Waals surface area (Å²) in [6, 6.07) is 0.798. The van der Waals surface area contributed by atoms with E-state index in [1.54, 1.807) is 0 Å². The van der Waals surface area contributed by atoms with E-state index in [0.29, 0.717) is 6.61 Å². The monoisotopic (exact) mass is 217 g/mol. The highest BCUT2D eigenvalue weighted by atomic mass is 32.2. The van der Waals surface area contributed by atoms with Crippen LogP contribution in [0.1, 0.15) is 38.5 Å². The quantitative estimate of drug-likeness (QED) is 0.640. The van der Waals surface area contributed by atoms with Crippen molar-refractivity contribution in [3.63, 3.8) is 0 Å². The summed E-state index contributed by atoms with van der Waals surface area (Å²) in [7, 11) is 0. The van der Waals surface area contributed by atoms with Crippen LogP contribution < -0.4 is 5.32 Å². The molecule has 1 fully saturated rings. The van der Waals surface area contributed by atoms with Gasteiger partial charge in [-0.15, -0.1) is 0 Å². The highest BCUT2D eigenvalue weighted by Crippen LogP contribution is 2.17. The van der Waals surface area contributed by atoms with Gasteiger partial charge in [-0.2, -0.15) is 11.8 Å². The van der Waals surface area contributed by atoms with Crippen LogP contribution in [-0.4, -0.2) is 35.8 Å². The molecule has 2 N–H and O–H groups in total.